The SMILES string of the molecule is C=C(F)/C=C\C(=C/C)Cc1cc2c(nc1CC)C(C)(C)CN2C(=C)CN1CCNCC1CN1CCOCC1C. The topological polar surface area (TPSA) is 43.9 Å². The molecule has 1 aromatic rings. The van der Waals surface area contributed by atoms with Crippen molar-refractivity contribution in [3.63, 3.8) is 0 Å². The van der Waals surface area contributed by atoms with Crippen LogP contribution in [0.2, 0.25) is 0 Å². The van der Waals surface area contributed by atoms with Gasteiger partial charge in [0.2, 0.25) is 0 Å². The van der Waals surface area contributed by atoms with E-state index in [1.165, 1.54) is 17.3 Å². The minimum atomic E-state index is -0.435. The van der Waals surface area contributed by atoms with Gasteiger partial charge in [0.1, 0.15) is 5.83 Å². The predicted octanol–water partition coefficient (Wildman–Crippen LogP) is 4.78. The molecule has 0 spiro atoms. The van der Waals surface area contributed by atoms with Crippen LogP contribution in [0.1, 0.15) is 51.6 Å². The fourth-order valence-electron chi connectivity index (χ4n) is 6.07. The van der Waals surface area contributed by atoms with E-state index in [9.17, 15) is 4.39 Å². The number of ether oxygens (including phenoxy) is 1. The number of fused-ring (bicyclic) bond motifs is 1. The highest BCUT2D eigenvalue weighted by atomic mass is 19.1. The fourth-order valence-corrected chi connectivity index (χ4v) is 6.07. The second kappa shape index (κ2) is 12.9. The van der Waals surface area contributed by atoms with Crippen molar-refractivity contribution in [2.24, 2.45) is 0 Å². The summed E-state index contributed by atoms with van der Waals surface area (Å²) in [6, 6.07) is 3.21. The van der Waals surface area contributed by atoms with E-state index in [0.29, 0.717) is 18.5 Å². The van der Waals surface area contributed by atoms with Crippen molar-refractivity contribution in [2.75, 3.05) is 63.9 Å². The Balaban J connectivity index is 1.55. The maximum absolute atomic E-state index is 13.3. The molecule has 2 unspecified atom stereocenters. The number of hydrogen-bond acceptors (Lipinski definition) is 6. The molecule has 39 heavy (non-hydrogen) atoms. The Hall–Kier alpha value is -2.32. The first-order valence-electron chi connectivity index (χ1n) is 14.6. The molecular weight excluding hydrogens is 489 g/mol. The summed E-state index contributed by atoms with van der Waals surface area (Å²) < 4.78 is 19.0. The van der Waals surface area contributed by atoms with E-state index < -0.39 is 5.83 Å². The van der Waals surface area contributed by atoms with Gasteiger partial charge in [0.25, 0.3) is 0 Å². The van der Waals surface area contributed by atoms with Gasteiger partial charge in [-0.15, -0.1) is 0 Å². The number of pyridine rings is 1. The van der Waals surface area contributed by atoms with Crippen molar-refractivity contribution in [2.45, 2.75) is 65.0 Å². The number of piperazine rings is 1. The number of allylic oxidation sites excluding steroid dienone is 5. The lowest BCUT2D eigenvalue weighted by Gasteiger charge is -2.43. The quantitative estimate of drug-likeness (QED) is 0.434. The molecule has 6 nitrogen and oxygen atoms in total. The smallest absolute Gasteiger partial charge is 0.116 e. The van der Waals surface area contributed by atoms with E-state index in [0.717, 1.165) is 88.1 Å². The van der Waals surface area contributed by atoms with Crippen molar-refractivity contribution in [3.05, 3.63) is 71.5 Å². The monoisotopic (exact) mass is 537 g/mol. The molecule has 7 heteroatoms. The van der Waals surface area contributed by atoms with Gasteiger partial charge in [0.05, 0.1) is 24.6 Å². The van der Waals surface area contributed by atoms with E-state index >= 15 is 0 Å². The summed E-state index contributed by atoms with van der Waals surface area (Å²) >= 11 is 0. The summed E-state index contributed by atoms with van der Waals surface area (Å²) in [6.07, 6.45) is 6.85. The molecule has 4 heterocycles. The number of nitrogens with one attached hydrogen (secondary N) is 1. The van der Waals surface area contributed by atoms with Crippen LogP contribution in [-0.2, 0) is 23.0 Å². The van der Waals surface area contributed by atoms with Crippen molar-refractivity contribution in [1.29, 1.82) is 0 Å². The lowest BCUT2D eigenvalue weighted by Crippen LogP contribution is -2.58. The number of aryl methyl sites for hydroxylation is 1. The molecule has 3 aliphatic rings. The van der Waals surface area contributed by atoms with Crippen LogP contribution in [0.4, 0.5) is 10.1 Å². The molecule has 0 bridgehead atoms. The van der Waals surface area contributed by atoms with Gasteiger partial charge in [0.15, 0.2) is 0 Å². The first-order chi connectivity index (χ1) is 18.6. The van der Waals surface area contributed by atoms with Crippen molar-refractivity contribution >= 4 is 5.69 Å². The zero-order valence-corrected chi connectivity index (χ0v) is 24.7. The van der Waals surface area contributed by atoms with Crippen LogP contribution < -0.4 is 10.2 Å². The highest BCUT2D eigenvalue weighted by molar-refractivity contribution is 5.65. The van der Waals surface area contributed by atoms with Crippen LogP contribution in [0.5, 0.6) is 0 Å². The van der Waals surface area contributed by atoms with Crippen LogP contribution >= 0.6 is 0 Å². The number of hydrogen-bond donors (Lipinski definition) is 1. The van der Waals surface area contributed by atoms with Gasteiger partial charge >= 0.3 is 0 Å². The molecule has 3 aliphatic heterocycles. The molecule has 0 amide bonds. The van der Waals surface area contributed by atoms with E-state index in [1.807, 2.05) is 19.1 Å². The lowest BCUT2D eigenvalue weighted by atomic mass is 9.90. The number of rotatable bonds is 10. The molecule has 4 rings (SSSR count). The fraction of sp³-hybridized carbons (Fsp3) is 0.594. The Morgan fingerprint density at radius 2 is 2.05 bits per heavy atom. The van der Waals surface area contributed by atoms with Gasteiger partial charge in [-0.2, -0.15) is 0 Å². The van der Waals surface area contributed by atoms with Crippen LogP contribution in [0, 0.1) is 0 Å². The molecule has 1 N–H and O–H groups in total. The second-order valence-electron chi connectivity index (χ2n) is 11.9. The van der Waals surface area contributed by atoms with Gasteiger partial charge in [-0.25, -0.2) is 4.39 Å². The zero-order chi connectivity index (χ0) is 28.2. The first-order valence-corrected chi connectivity index (χ1v) is 14.6. The van der Waals surface area contributed by atoms with Crippen LogP contribution in [0.3, 0.4) is 0 Å². The van der Waals surface area contributed by atoms with Gasteiger partial charge in [0, 0.05) is 74.7 Å². The molecule has 214 valence electrons. The van der Waals surface area contributed by atoms with Crippen LogP contribution in [0.15, 0.2) is 54.5 Å². The number of aromatic nitrogens is 1. The van der Waals surface area contributed by atoms with E-state index in [2.05, 4.69) is 66.9 Å². The molecule has 1 aromatic heterocycles. The van der Waals surface area contributed by atoms with Gasteiger partial charge in [-0.3, -0.25) is 14.8 Å². The number of anilines is 1. The number of morpholine rings is 1. The standard InChI is InChI=1S/C32H48FN5O/c1-8-26(11-10-23(3)33)16-27-17-30-31(35-29(27)9-2)32(6,7)22-38(30)24(4)19-37-13-12-34-18-28(37)20-36-14-15-39-21-25(36)5/h8,10-11,17,25,28,34H,3-4,9,12-16,18-22H2,1-2,5-7H3/b11-10-,26-8+. The Kier molecular flexibility index (Phi) is 9.81. The minimum absolute atomic E-state index is 0.0674. The summed E-state index contributed by atoms with van der Waals surface area (Å²) in [5.41, 5.74) is 6.73. The molecule has 0 saturated carbocycles. The summed E-state index contributed by atoms with van der Waals surface area (Å²) in [5.74, 6) is -0.435. The highest BCUT2D eigenvalue weighted by Crippen LogP contribution is 2.42. The van der Waals surface area contributed by atoms with Crippen LogP contribution in [-0.4, -0.2) is 85.9 Å². The van der Waals surface area contributed by atoms with Gasteiger partial charge < -0.3 is 15.0 Å². The molecule has 2 saturated heterocycles. The maximum atomic E-state index is 13.3. The van der Waals surface area contributed by atoms with E-state index in [1.54, 1.807) is 0 Å². The highest BCUT2D eigenvalue weighted by Gasteiger charge is 2.39. The van der Waals surface area contributed by atoms with Crippen LogP contribution in [0.25, 0.3) is 0 Å². The third-order valence-electron chi connectivity index (χ3n) is 8.42. The Bertz CT molecular complexity index is 1110. The predicted molar refractivity (Wildman–Crippen MR) is 160 cm³/mol. The molecule has 0 aliphatic carbocycles. The summed E-state index contributed by atoms with van der Waals surface area (Å²) in [6.45, 7) is 27.4. The largest absolute Gasteiger partial charge is 0.379 e. The third-order valence-corrected chi connectivity index (χ3v) is 8.42. The molecule has 2 fully saturated rings. The second-order valence-corrected chi connectivity index (χ2v) is 11.9. The third kappa shape index (κ3) is 7.07. The van der Waals surface area contributed by atoms with E-state index in [4.69, 9.17) is 9.72 Å². The molecule has 0 radical (unpaired) electrons. The Morgan fingerprint density at radius 3 is 2.74 bits per heavy atom. The minimum Gasteiger partial charge on any atom is -0.379 e. The zero-order valence-electron chi connectivity index (χ0n) is 24.7. The summed E-state index contributed by atoms with van der Waals surface area (Å²) in [7, 11) is 0. The summed E-state index contributed by atoms with van der Waals surface area (Å²) in [4.78, 5) is 12.8. The van der Waals surface area contributed by atoms with Gasteiger partial charge in [-0.05, 0) is 50.0 Å². The maximum Gasteiger partial charge on any atom is 0.116 e. The molecular formula is C32H48FN5O. The number of nitrogens with zero attached hydrogens (tertiary/aromatic N) is 4. The first kappa shape index (κ1) is 29.7. The van der Waals surface area contributed by atoms with E-state index in [-0.39, 0.29) is 5.41 Å². The Morgan fingerprint density at radius 1 is 1.26 bits per heavy atom. The number of halogens is 1. The average molecular weight is 538 g/mol. The lowest BCUT2D eigenvalue weighted by molar-refractivity contribution is -0.0148. The normalized spacial score (nSPS) is 24.4. The van der Waals surface area contributed by atoms with Crippen molar-refractivity contribution in [1.82, 2.24) is 20.1 Å². The molecule has 0 aromatic carbocycles. The van der Waals surface area contributed by atoms with Gasteiger partial charge in [-0.1, -0.05) is 46.1 Å². The summed E-state index contributed by atoms with van der Waals surface area (Å²) in [5, 5.41) is 3.61. The van der Waals surface area contributed by atoms with Crippen molar-refractivity contribution in [3.8, 4) is 0 Å². The Labute approximate surface area is 235 Å². The van der Waals surface area contributed by atoms with Crippen molar-refractivity contribution < 1.29 is 9.13 Å². The molecule has 2 atom stereocenters. The average Bonchev–Trinajstić information content (AvgIpc) is 3.17.